The molecule has 0 amide bonds. The third kappa shape index (κ3) is 1.40. The highest BCUT2D eigenvalue weighted by atomic mass is 35.5. The highest BCUT2D eigenvalue weighted by molar-refractivity contribution is 6.31. The van der Waals surface area contributed by atoms with Crippen LogP contribution in [0.2, 0.25) is 5.02 Å². The maximum Gasteiger partial charge on any atom is 0.328 e. The molecule has 0 spiro atoms. The van der Waals surface area contributed by atoms with Gasteiger partial charge in [-0.25, -0.2) is 4.79 Å². The number of aromatic nitrogens is 2. The summed E-state index contributed by atoms with van der Waals surface area (Å²) < 4.78 is 0.887. The molecule has 1 heterocycles. The lowest BCUT2D eigenvalue weighted by molar-refractivity contribution is 0.764. The molecule has 1 aromatic heterocycles. The second-order valence-electron chi connectivity index (χ2n) is 2.22. The second kappa shape index (κ2) is 3.33. The predicted molar refractivity (Wildman–Crippen MR) is 46.9 cm³/mol. The van der Waals surface area contributed by atoms with E-state index in [-0.39, 0.29) is 16.6 Å². The maximum atomic E-state index is 11.1. The van der Waals surface area contributed by atoms with Crippen LogP contribution in [0.25, 0.3) is 0 Å². The van der Waals surface area contributed by atoms with Crippen molar-refractivity contribution >= 4 is 23.2 Å². The second-order valence-corrected chi connectivity index (χ2v) is 2.87. The molecule has 0 bridgehead atoms. The van der Waals surface area contributed by atoms with Crippen LogP contribution in [0.5, 0.6) is 0 Å². The molecule has 1 aromatic rings. The first-order chi connectivity index (χ1) is 5.57. The molecule has 0 aromatic carbocycles. The van der Waals surface area contributed by atoms with E-state index in [1.165, 1.54) is 7.05 Å². The fourth-order valence-corrected chi connectivity index (χ4v) is 1.24. The Balaban J connectivity index is 3.61. The molecule has 1 rings (SSSR count). The lowest BCUT2D eigenvalue weighted by Gasteiger charge is -2.00. The van der Waals surface area contributed by atoms with Crippen LogP contribution >= 0.6 is 23.2 Å². The van der Waals surface area contributed by atoms with E-state index >= 15 is 0 Å². The molecule has 0 saturated carbocycles. The third-order valence-corrected chi connectivity index (χ3v) is 2.11. The monoisotopic (exact) mass is 208 g/mol. The fourth-order valence-electron chi connectivity index (χ4n) is 0.728. The summed E-state index contributed by atoms with van der Waals surface area (Å²) >= 11 is 11.0. The molecule has 1 N–H and O–H groups in total. The van der Waals surface area contributed by atoms with Crippen molar-refractivity contribution in [3.05, 3.63) is 31.6 Å². The highest BCUT2D eigenvalue weighted by Gasteiger charge is 2.07. The molecule has 0 aliphatic heterocycles. The molecule has 4 nitrogen and oxygen atoms in total. The largest absolute Gasteiger partial charge is 0.328 e. The number of hydrogen-bond donors (Lipinski definition) is 1. The summed E-state index contributed by atoms with van der Waals surface area (Å²) in [5.41, 5.74) is -0.789. The number of H-pyrrole nitrogens is 1. The molecule has 0 aliphatic rings. The number of nitrogens with zero attached hydrogens (tertiary/aromatic N) is 1. The van der Waals surface area contributed by atoms with Gasteiger partial charge < -0.3 is 4.98 Å². The minimum atomic E-state index is -0.531. The van der Waals surface area contributed by atoms with Gasteiger partial charge in [-0.15, -0.1) is 11.6 Å². The van der Waals surface area contributed by atoms with E-state index in [0.29, 0.717) is 0 Å². The molecule has 66 valence electrons. The fraction of sp³-hybridized carbons (Fsp3) is 0.333. The molecule has 0 radical (unpaired) electrons. The normalized spacial score (nSPS) is 10.2. The number of aromatic amines is 1. The zero-order chi connectivity index (χ0) is 9.30. The number of nitrogens with one attached hydrogen (secondary N) is 1. The molecule has 6 heteroatoms. The standard InChI is InChI=1S/C6H6Cl2N2O2/c1-10-5(11)4(8)3(2-7)9-6(10)12/h2H2,1H3,(H,9,12). The van der Waals surface area contributed by atoms with Crippen molar-refractivity contribution in [3.63, 3.8) is 0 Å². The van der Waals surface area contributed by atoms with E-state index < -0.39 is 11.2 Å². The summed E-state index contributed by atoms with van der Waals surface area (Å²) in [7, 11) is 1.34. The van der Waals surface area contributed by atoms with Crippen LogP contribution in [0.1, 0.15) is 5.69 Å². The zero-order valence-electron chi connectivity index (χ0n) is 6.23. The van der Waals surface area contributed by atoms with Gasteiger partial charge in [0.25, 0.3) is 5.56 Å². The summed E-state index contributed by atoms with van der Waals surface area (Å²) in [5, 5.41) is -0.0351. The molecule has 0 unspecified atom stereocenters. The van der Waals surface area contributed by atoms with Gasteiger partial charge in [-0.1, -0.05) is 11.6 Å². The molecular weight excluding hydrogens is 203 g/mol. The van der Waals surface area contributed by atoms with E-state index in [1.807, 2.05) is 0 Å². The van der Waals surface area contributed by atoms with Crippen molar-refractivity contribution in [2.75, 3.05) is 0 Å². The van der Waals surface area contributed by atoms with Crippen LogP contribution in [0, 0.1) is 0 Å². The van der Waals surface area contributed by atoms with Gasteiger partial charge in [-0.2, -0.15) is 0 Å². The molecule has 0 aliphatic carbocycles. The summed E-state index contributed by atoms with van der Waals surface area (Å²) in [6.45, 7) is 0. The number of halogens is 2. The van der Waals surface area contributed by atoms with Gasteiger partial charge in [-0.05, 0) is 0 Å². The Kier molecular flexibility index (Phi) is 2.59. The minimum Gasteiger partial charge on any atom is -0.308 e. The van der Waals surface area contributed by atoms with E-state index in [9.17, 15) is 9.59 Å². The minimum absolute atomic E-state index is 0.0180. The van der Waals surface area contributed by atoms with Crippen LogP contribution in [-0.4, -0.2) is 9.55 Å². The van der Waals surface area contributed by atoms with Gasteiger partial charge in [0, 0.05) is 7.05 Å². The third-order valence-electron chi connectivity index (χ3n) is 1.45. The van der Waals surface area contributed by atoms with Crippen molar-refractivity contribution in [1.29, 1.82) is 0 Å². The van der Waals surface area contributed by atoms with Crippen molar-refractivity contribution in [2.24, 2.45) is 7.05 Å². The average molecular weight is 209 g/mol. The van der Waals surface area contributed by atoms with Crippen molar-refractivity contribution < 1.29 is 0 Å². The molecular formula is C6H6Cl2N2O2. The van der Waals surface area contributed by atoms with Gasteiger partial charge in [0.15, 0.2) is 0 Å². The van der Waals surface area contributed by atoms with Gasteiger partial charge >= 0.3 is 5.69 Å². The Morgan fingerprint density at radius 2 is 2.08 bits per heavy atom. The lowest BCUT2D eigenvalue weighted by Crippen LogP contribution is -2.34. The number of hydrogen-bond acceptors (Lipinski definition) is 2. The zero-order valence-corrected chi connectivity index (χ0v) is 7.74. The molecule has 0 saturated heterocycles. The smallest absolute Gasteiger partial charge is 0.308 e. The summed E-state index contributed by atoms with van der Waals surface area (Å²) in [6.07, 6.45) is 0. The van der Waals surface area contributed by atoms with Gasteiger partial charge in [0.2, 0.25) is 0 Å². The molecule has 0 fully saturated rings. The van der Waals surface area contributed by atoms with Crippen LogP contribution in [0.3, 0.4) is 0 Å². The van der Waals surface area contributed by atoms with E-state index in [0.717, 1.165) is 4.57 Å². The average Bonchev–Trinajstić information content (AvgIpc) is 2.08. The van der Waals surface area contributed by atoms with E-state index in [4.69, 9.17) is 23.2 Å². The maximum absolute atomic E-state index is 11.1. The Morgan fingerprint density at radius 1 is 1.50 bits per heavy atom. The van der Waals surface area contributed by atoms with Gasteiger partial charge in [-0.3, -0.25) is 9.36 Å². The summed E-state index contributed by atoms with van der Waals surface area (Å²) in [6, 6.07) is 0. The quantitative estimate of drug-likeness (QED) is 0.683. The van der Waals surface area contributed by atoms with Crippen LogP contribution in [0.15, 0.2) is 9.59 Å². The SMILES string of the molecule is Cn1c(=O)[nH]c(CCl)c(Cl)c1=O. The Bertz CT molecular complexity index is 407. The van der Waals surface area contributed by atoms with Crippen LogP contribution in [0.4, 0.5) is 0 Å². The van der Waals surface area contributed by atoms with E-state index in [1.54, 1.807) is 0 Å². The van der Waals surface area contributed by atoms with E-state index in [2.05, 4.69) is 4.98 Å². The van der Waals surface area contributed by atoms with Crippen LogP contribution < -0.4 is 11.2 Å². The Labute approximate surface area is 77.7 Å². The van der Waals surface area contributed by atoms with Crippen molar-refractivity contribution in [3.8, 4) is 0 Å². The van der Waals surface area contributed by atoms with Crippen molar-refractivity contribution in [1.82, 2.24) is 9.55 Å². The first-order valence-electron chi connectivity index (χ1n) is 3.11. The topological polar surface area (TPSA) is 54.9 Å². The van der Waals surface area contributed by atoms with Gasteiger partial charge in [0.1, 0.15) is 5.02 Å². The van der Waals surface area contributed by atoms with Gasteiger partial charge in [0.05, 0.1) is 11.6 Å². The Morgan fingerprint density at radius 3 is 2.58 bits per heavy atom. The molecule has 12 heavy (non-hydrogen) atoms. The highest BCUT2D eigenvalue weighted by Crippen LogP contribution is 2.07. The summed E-state index contributed by atoms with van der Waals surface area (Å²) in [4.78, 5) is 24.5. The Hall–Kier alpha value is -0.740. The lowest BCUT2D eigenvalue weighted by atomic mass is 10.4. The first-order valence-corrected chi connectivity index (χ1v) is 4.02. The van der Waals surface area contributed by atoms with Crippen LogP contribution in [-0.2, 0) is 12.9 Å². The first kappa shape index (κ1) is 9.35. The number of alkyl halides is 1. The number of rotatable bonds is 1. The summed E-state index contributed by atoms with van der Waals surface area (Å²) in [5.74, 6) is 0.0180. The van der Waals surface area contributed by atoms with Crippen molar-refractivity contribution in [2.45, 2.75) is 5.88 Å². The predicted octanol–water partition coefficient (Wildman–Crippen LogP) is 0.466. The molecule has 0 atom stereocenters.